The Morgan fingerprint density at radius 2 is 1.73 bits per heavy atom. The van der Waals surface area contributed by atoms with Crippen molar-refractivity contribution >= 4 is 22.8 Å². The van der Waals surface area contributed by atoms with Crippen molar-refractivity contribution in [1.82, 2.24) is 9.38 Å². The second-order valence-corrected chi connectivity index (χ2v) is 6.07. The predicted molar refractivity (Wildman–Crippen MR) is 97.4 cm³/mol. The van der Waals surface area contributed by atoms with Crippen LogP contribution < -0.4 is 9.80 Å². The van der Waals surface area contributed by atoms with Gasteiger partial charge in [-0.25, -0.2) is 4.98 Å². The minimum Gasteiger partial charge on any atom is -0.368 e. The summed E-state index contributed by atoms with van der Waals surface area (Å²) < 4.78 is 1.80. The molecule has 1 saturated heterocycles. The highest BCUT2D eigenvalue weighted by atomic mass is 16.6. The quantitative estimate of drug-likeness (QED) is 0.533. The number of anilines is 2. The summed E-state index contributed by atoms with van der Waals surface area (Å²) >= 11 is 0. The van der Waals surface area contributed by atoms with Crippen LogP contribution in [-0.4, -0.2) is 40.5 Å². The molecule has 1 aromatic carbocycles. The first kappa shape index (κ1) is 15.9. The van der Waals surface area contributed by atoms with Gasteiger partial charge in [-0.3, -0.25) is 14.5 Å². The number of fused-ring (bicyclic) bond motifs is 1. The fourth-order valence-electron chi connectivity index (χ4n) is 3.27. The molecule has 2 aromatic heterocycles. The first-order chi connectivity index (χ1) is 12.7. The molecule has 0 amide bonds. The zero-order valence-electron chi connectivity index (χ0n) is 13.9. The zero-order chi connectivity index (χ0) is 18.1. The van der Waals surface area contributed by atoms with Crippen LogP contribution >= 0.6 is 0 Å². The Kier molecular flexibility index (Phi) is 3.89. The number of benzene rings is 1. The molecule has 0 bridgehead atoms. The molecule has 8 heteroatoms. The van der Waals surface area contributed by atoms with Gasteiger partial charge in [0.25, 0.3) is 5.69 Å². The van der Waals surface area contributed by atoms with E-state index in [1.54, 1.807) is 16.5 Å². The van der Waals surface area contributed by atoms with E-state index in [4.69, 9.17) is 0 Å². The number of hydrogen-bond acceptors (Lipinski definition) is 6. The van der Waals surface area contributed by atoms with E-state index in [2.05, 4.69) is 20.9 Å². The molecule has 26 heavy (non-hydrogen) atoms. The van der Waals surface area contributed by atoms with Crippen molar-refractivity contribution in [3.8, 4) is 6.07 Å². The molecule has 1 aliphatic rings. The Labute approximate surface area is 149 Å². The second-order valence-electron chi connectivity index (χ2n) is 6.07. The number of non-ortho nitro benzene ring substituents is 1. The third-order valence-corrected chi connectivity index (χ3v) is 4.62. The minimum absolute atomic E-state index is 0.0933. The van der Waals surface area contributed by atoms with Gasteiger partial charge in [-0.15, -0.1) is 0 Å². The van der Waals surface area contributed by atoms with Gasteiger partial charge in [0, 0.05) is 50.2 Å². The normalized spacial score (nSPS) is 14.4. The summed E-state index contributed by atoms with van der Waals surface area (Å²) in [5.41, 5.74) is 2.36. The summed E-state index contributed by atoms with van der Waals surface area (Å²) in [7, 11) is 0. The maximum Gasteiger partial charge on any atom is 0.269 e. The van der Waals surface area contributed by atoms with Gasteiger partial charge in [-0.2, -0.15) is 5.26 Å². The van der Waals surface area contributed by atoms with Crippen LogP contribution in [0.15, 0.2) is 48.7 Å². The average molecular weight is 348 g/mol. The Bertz CT molecular complexity index is 997. The highest BCUT2D eigenvalue weighted by Gasteiger charge is 2.23. The van der Waals surface area contributed by atoms with Crippen LogP contribution in [0, 0.1) is 21.4 Å². The average Bonchev–Trinajstić information content (AvgIpc) is 3.07. The van der Waals surface area contributed by atoms with Crippen LogP contribution in [0.1, 0.15) is 5.69 Å². The molecule has 1 aliphatic heterocycles. The maximum atomic E-state index is 10.8. The molecule has 8 nitrogen and oxygen atoms in total. The Balaban J connectivity index is 1.52. The van der Waals surface area contributed by atoms with Crippen LogP contribution in [0.2, 0.25) is 0 Å². The lowest BCUT2D eigenvalue weighted by atomic mass is 10.2. The van der Waals surface area contributed by atoms with Crippen molar-refractivity contribution < 1.29 is 4.92 Å². The van der Waals surface area contributed by atoms with Crippen LogP contribution in [0.5, 0.6) is 0 Å². The summed E-state index contributed by atoms with van der Waals surface area (Å²) in [6.07, 6.45) is 1.84. The maximum absolute atomic E-state index is 10.8. The molecule has 0 spiro atoms. The number of nitro benzene ring substituents is 1. The molecule has 0 unspecified atom stereocenters. The second kappa shape index (κ2) is 6.37. The molecule has 0 saturated carbocycles. The summed E-state index contributed by atoms with van der Waals surface area (Å²) in [6, 6.07) is 14.5. The molecule has 1 fully saturated rings. The standard InChI is InChI=1S/C18H16N6O2/c19-13-16-18(20-17-3-1-2-8-23(16)17)22-11-9-21(10-12-22)14-4-6-15(7-5-14)24(25)26/h1-8H,9-12H2. The number of nitrogens with zero attached hydrogens (tertiary/aromatic N) is 6. The van der Waals surface area contributed by atoms with Crippen LogP contribution in [0.25, 0.3) is 5.65 Å². The largest absolute Gasteiger partial charge is 0.368 e. The number of hydrogen-bond donors (Lipinski definition) is 0. The highest BCUT2D eigenvalue weighted by molar-refractivity contribution is 5.61. The lowest BCUT2D eigenvalue weighted by Crippen LogP contribution is -2.47. The highest BCUT2D eigenvalue weighted by Crippen LogP contribution is 2.25. The predicted octanol–water partition coefficient (Wildman–Crippen LogP) is 2.44. The van der Waals surface area contributed by atoms with Gasteiger partial charge in [-0.05, 0) is 24.3 Å². The molecule has 130 valence electrons. The third kappa shape index (κ3) is 2.69. The SMILES string of the molecule is N#Cc1c(N2CCN(c3ccc([N+](=O)[O-])cc3)CC2)nc2ccccn12. The van der Waals surface area contributed by atoms with Gasteiger partial charge < -0.3 is 9.80 Å². The van der Waals surface area contributed by atoms with Crippen molar-refractivity contribution in [1.29, 1.82) is 5.26 Å². The zero-order valence-corrected chi connectivity index (χ0v) is 13.9. The third-order valence-electron chi connectivity index (χ3n) is 4.62. The van der Waals surface area contributed by atoms with Gasteiger partial charge >= 0.3 is 0 Å². The molecule has 3 aromatic rings. The van der Waals surface area contributed by atoms with E-state index in [1.165, 1.54) is 12.1 Å². The van der Waals surface area contributed by atoms with E-state index in [1.807, 2.05) is 24.4 Å². The van der Waals surface area contributed by atoms with Crippen molar-refractivity contribution in [2.45, 2.75) is 0 Å². The Morgan fingerprint density at radius 1 is 1.04 bits per heavy atom. The van der Waals surface area contributed by atoms with Crippen LogP contribution in [0.3, 0.4) is 0 Å². The van der Waals surface area contributed by atoms with Crippen LogP contribution in [-0.2, 0) is 0 Å². The molecule has 4 rings (SSSR count). The summed E-state index contributed by atoms with van der Waals surface area (Å²) in [5, 5.41) is 20.3. The summed E-state index contributed by atoms with van der Waals surface area (Å²) in [4.78, 5) is 19.3. The van der Waals surface area contributed by atoms with Crippen LogP contribution in [0.4, 0.5) is 17.2 Å². The number of nitriles is 1. The van der Waals surface area contributed by atoms with Crippen molar-refractivity contribution in [2.24, 2.45) is 0 Å². The van der Waals surface area contributed by atoms with E-state index in [-0.39, 0.29) is 5.69 Å². The lowest BCUT2D eigenvalue weighted by Gasteiger charge is -2.36. The number of aromatic nitrogens is 2. The molecule has 0 aliphatic carbocycles. The van der Waals surface area contributed by atoms with E-state index < -0.39 is 4.92 Å². The summed E-state index contributed by atoms with van der Waals surface area (Å²) in [6.45, 7) is 2.98. The molecular weight excluding hydrogens is 332 g/mol. The minimum atomic E-state index is -0.394. The van der Waals surface area contributed by atoms with E-state index >= 15 is 0 Å². The number of nitro groups is 1. The van der Waals surface area contributed by atoms with Crippen molar-refractivity contribution in [2.75, 3.05) is 36.0 Å². The number of rotatable bonds is 3. The number of pyridine rings is 1. The van der Waals surface area contributed by atoms with E-state index in [0.717, 1.165) is 37.5 Å². The van der Waals surface area contributed by atoms with E-state index in [0.29, 0.717) is 11.5 Å². The molecular formula is C18H16N6O2. The number of imidazole rings is 1. The first-order valence-electron chi connectivity index (χ1n) is 8.29. The monoisotopic (exact) mass is 348 g/mol. The van der Waals surface area contributed by atoms with Crippen molar-refractivity contribution in [3.63, 3.8) is 0 Å². The van der Waals surface area contributed by atoms with Gasteiger partial charge in [0.2, 0.25) is 0 Å². The fourth-order valence-corrected chi connectivity index (χ4v) is 3.27. The van der Waals surface area contributed by atoms with Gasteiger partial charge in [0.1, 0.15) is 11.7 Å². The van der Waals surface area contributed by atoms with Gasteiger partial charge in [0.05, 0.1) is 4.92 Å². The fraction of sp³-hybridized carbons (Fsp3) is 0.222. The smallest absolute Gasteiger partial charge is 0.269 e. The summed E-state index contributed by atoms with van der Waals surface area (Å²) in [5.74, 6) is 0.710. The topological polar surface area (TPSA) is 90.7 Å². The Hall–Kier alpha value is -3.60. The number of piperazine rings is 1. The Morgan fingerprint density at radius 3 is 2.38 bits per heavy atom. The van der Waals surface area contributed by atoms with Gasteiger partial charge in [-0.1, -0.05) is 6.07 Å². The molecule has 0 radical (unpaired) electrons. The van der Waals surface area contributed by atoms with Crippen molar-refractivity contribution in [3.05, 3.63) is 64.5 Å². The lowest BCUT2D eigenvalue weighted by molar-refractivity contribution is -0.384. The van der Waals surface area contributed by atoms with Gasteiger partial charge in [0.15, 0.2) is 11.5 Å². The van der Waals surface area contributed by atoms with E-state index in [9.17, 15) is 15.4 Å². The molecule has 3 heterocycles. The molecule has 0 atom stereocenters. The molecule has 0 N–H and O–H groups in total. The first-order valence-corrected chi connectivity index (χ1v) is 8.29.